The Hall–Kier alpha value is -1.92. The number of aliphatic hydroxyl groups is 1. The highest BCUT2D eigenvalue weighted by atomic mass is 35.5. The van der Waals surface area contributed by atoms with Gasteiger partial charge in [0.25, 0.3) is 0 Å². The van der Waals surface area contributed by atoms with Crippen LogP contribution in [0.3, 0.4) is 0 Å². The highest BCUT2D eigenvalue weighted by Crippen LogP contribution is 2.41. The van der Waals surface area contributed by atoms with Gasteiger partial charge in [-0.05, 0) is 17.7 Å². The van der Waals surface area contributed by atoms with Crippen LogP contribution in [0.2, 0.25) is 5.02 Å². The van der Waals surface area contributed by atoms with Crippen LogP contribution in [0.5, 0.6) is 0 Å². The summed E-state index contributed by atoms with van der Waals surface area (Å²) >= 11 is 6.04. The van der Waals surface area contributed by atoms with Gasteiger partial charge >= 0.3 is 0 Å². The smallest absolute Gasteiger partial charge is 0.217 e. The maximum absolute atomic E-state index is 11.9. The van der Waals surface area contributed by atoms with E-state index in [4.69, 9.17) is 11.6 Å². The summed E-state index contributed by atoms with van der Waals surface area (Å²) in [5.41, 5.74) is 1.75. The van der Waals surface area contributed by atoms with E-state index in [1.54, 1.807) is 12.1 Å². The lowest BCUT2D eigenvalue weighted by Crippen LogP contribution is -2.51. The SMILES string of the molecule is CC(=O)N[C@@H](c1ccccc1)C(c1ccc(Cl)cc1)[N+]1(O)CC[C@H](O)C1. The molecule has 3 N–H and O–H groups in total. The highest BCUT2D eigenvalue weighted by molar-refractivity contribution is 6.30. The predicted octanol–water partition coefficient (Wildman–Crippen LogP) is 3.23. The van der Waals surface area contributed by atoms with Crippen molar-refractivity contribution in [2.45, 2.75) is 31.5 Å². The van der Waals surface area contributed by atoms with Gasteiger partial charge in [0, 0.05) is 23.9 Å². The number of amides is 1. The van der Waals surface area contributed by atoms with Crippen molar-refractivity contribution in [2.24, 2.45) is 0 Å². The third kappa shape index (κ3) is 4.07. The molecule has 2 aromatic rings. The fourth-order valence-electron chi connectivity index (χ4n) is 3.80. The summed E-state index contributed by atoms with van der Waals surface area (Å²) in [6, 6.07) is 16.0. The first kappa shape index (κ1) is 18.9. The minimum atomic E-state index is -0.566. The number of aliphatic hydroxyl groups excluding tert-OH is 1. The molecule has 138 valence electrons. The first-order chi connectivity index (χ1) is 12.4. The maximum atomic E-state index is 11.9. The molecule has 1 aliphatic rings. The molecule has 0 radical (unpaired) electrons. The highest BCUT2D eigenvalue weighted by Gasteiger charge is 2.49. The number of benzene rings is 2. The molecule has 0 aromatic heterocycles. The number of carbonyl (C=O) groups is 1. The summed E-state index contributed by atoms with van der Waals surface area (Å²) in [6.45, 7) is 2.10. The van der Waals surface area contributed by atoms with Crippen molar-refractivity contribution in [1.29, 1.82) is 0 Å². The van der Waals surface area contributed by atoms with Crippen molar-refractivity contribution in [3.05, 3.63) is 70.7 Å². The number of hydrogen-bond acceptors (Lipinski definition) is 3. The molecule has 1 amide bonds. The van der Waals surface area contributed by atoms with Gasteiger partial charge < -0.3 is 10.4 Å². The predicted molar refractivity (Wildman–Crippen MR) is 99.6 cm³/mol. The van der Waals surface area contributed by atoms with Crippen LogP contribution in [-0.4, -0.2) is 40.1 Å². The van der Waals surface area contributed by atoms with Crippen LogP contribution in [0.25, 0.3) is 0 Å². The van der Waals surface area contributed by atoms with E-state index >= 15 is 0 Å². The fraction of sp³-hybridized carbons (Fsp3) is 0.350. The van der Waals surface area contributed by atoms with Crippen molar-refractivity contribution < 1.29 is 19.8 Å². The monoisotopic (exact) mass is 375 g/mol. The van der Waals surface area contributed by atoms with Crippen LogP contribution in [-0.2, 0) is 4.79 Å². The number of rotatable bonds is 5. The minimum absolute atomic E-state index is 0.177. The average Bonchev–Trinajstić information content (AvgIpc) is 2.96. The lowest BCUT2D eigenvalue weighted by Gasteiger charge is -2.39. The van der Waals surface area contributed by atoms with E-state index in [1.807, 2.05) is 42.5 Å². The lowest BCUT2D eigenvalue weighted by atomic mass is 9.91. The van der Waals surface area contributed by atoms with Gasteiger partial charge in [0.15, 0.2) is 6.04 Å². The molecule has 4 atom stereocenters. The summed E-state index contributed by atoms with van der Waals surface area (Å²) in [5.74, 6) is -0.177. The van der Waals surface area contributed by atoms with Gasteiger partial charge in [-0.25, -0.2) is 5.21 Å². The van der Waals surface area contributed by atoms with E-state index in [-0.39, 0.29) is 17.1 Å². The van der Waals surface area contributed by atoms with Crippen molar-refractivity contribution in [3.8, 4) is 0 Å². The Bertz CT molecular complexity index is 753. The van der Waals surface area contributed by atoms with Crippen molar-refractivity contribution in [1.82, 2.24) is 5.32 Å². The van der Waals surface area contributed by atoms with Crippen molar-refractivity contribution >= 4 is 17.5 Å². The summed E-state index contributed by atoms with van der Waals surface area (Å²) in [7, 11) is 0. The van der Waals surface area contributed by atoms with Crippen molar-refractivity contribution in [3.63, 3.8) is 0 Å². The Kier molecular flexibility index (Phi) is 5.63. The molecule has 3 rings (SSSR count). The van der Waals surface area contributed by atoms with E-state index in [1.165, 1.54) is 6.92 Å². The zero-order chi connectivity index (χ0) is 18.7. The standard InChI is InChI=1S/C20H23ClN2O3/c1-14(24)22-19(15-5-3-2-4-6-15)20(16-7-9-17(21)10-8-16)23(26)12-11-18(25)13-23/h2-10,18-20,25-26H,11-13H2,1H3/p+1/t18-,19-,20?,23?/m0/s1. The van der Waals surface area contributed by atoms with Crippen LogP contribution < -0.4 is 5.32 Å². The number of hydroxylamine groups is 3. The minimum Gasteiger partial charge on any atom is -0.387 e. The molecule has 1 aliphatic heterocycles. The third-order valence-corrected chi connectivity index (χ3v) is 5.19. The number of halogens is 1. The molecule has 2 unspecified atom stereocenters. The average molecular weight is 376 g/mol. The van der Waals surface area contributed by atoms with Crippen molar-refractivity contribution in [2.75, 3.05) is 13.1 Å². The quantitative estimate of drug-likeness (QED) is 0.703. The third-order valence-electron chi connectivity index (χ3n) is 4.94. The Balaban J connectivity index is 2.10. The largest absolute Gasteiger partial charge is 0.387 e. The Morgan fingerprint density at radius 3 is 2.35 bits per heavy atom. The van der Waals surface area contributed by atoms with Gasteiger partial charge in [-0.3, -0.25) is 4.79 Å². The number of nitrogens with one attached hydrogen (secondary N) is 1. The molecule has 5 nitrogen and oxygen atoms in total. The lowest BCUT2D eigenvalue weighted by molar-refractivity contribution is -1.12. The molecule has 6 heteroatoms. The number of nitrogens with zero attached hydrogens (tertiary/aromatic N) is 1. The van der Waals surface area contributed by atoms with E-state index in [0.29, 0.717) is 18.0 Å². The van der Waals surface area contributed by atoms with Gasteiger partial charge in [0.1, 0.15) is 25.2 Å². The molecule has 0 saturated carbocycles. The first-order valence-electron chi connectivity index (χ1n) is 8.74. The first-order valence-corrected chi connectivity index (χ1v) is 9.12. The molecule has 2 aromatic carbocycles. The molecule has 1 heterocycles. The number of likely N-dealkylation sites (tertiary alicyclic amines) is 1. The number of quaternary nitrogens is 1. The van der Waals surface area contributed by atoms with Crippen LogP contribution in [0, 0.1) is 0 Å². The summed E-state index contributed by atoms with van der Waals surface area (Å²) in [5, 5.41) is 25.0. The summed E-state index contributed by atoms with van der Waals surface area (Å²) in [4.78, 5) is 11.9. The Labute approximate surface area is 158 Å². The molecule has 26 heavy (non-hydrogen) atoms. The normalized spacial score (nSPS) is 24.8. The van der Waals surface area contributed by atoms with Crippen LogP contribution in [0.1, 0.15) is 36.6 Å². The fourth-order valence-corrected chi connectivity index (χ4v) is 3.93. The van der Waals surface area contributed by atoms with Crippen LogP contribution in [0.15, 0.2) is 54.6 Å². The number of hydrogen-bond donors (Lipinski definition) is 3. The molecule has 0 bridgehead atoms. The molecule has 0 aliphatic carbocycles. The molecule has 1 fully saturated rings. The second-order valence-corrected chi connectivity index (χ2v) is 7.36. The van der Waals surface area contributed by atoms with Gasteiger partial charge in [0.05, 0.1) is 0 Å². The molecular formula is C20H24ClN2O3+. The van der Waals surface area contributed by atoms with Gasteiger partial charge in [-0.15, -0.1) is 0 Å². The maximum Gasteiger partial charge on any atom is 0.217 e. The second kappa shape index (κ2) is 7.76. The topological polar surface area (TPSA) is 69.6 Å². The second-order valence-electron chi connectivity index (χ2n) is 6.92. The van der Waals surface area contributed by atoms with E-state index in [9.17, 15) is 15.1 Å². The van der Waals surface area contributed by atoms with Gasteiger partial charge in [-0.1, -0.05) is 54.1 Å². The van der Waals surface area contributed by atoms with E-state index in [2.05, 4.69) is 5.32 Å². The summed E-state index contributed by atoms with van der Waals surface area (Å²) < 4.78 is -0.331. The zero-order valence-electron chi connectivity index (χ0n) is 14.7. The molecular weight excluding hydrogens is 352 g/mol. The van der Waals surface area contributed by atoms with Crippen LogP contribution in [0.4, 0.5) is 0 Å². The van der Waals surface area contributed by atoms with Gasteiger partial charge in [0.2, 0.25) is 5.91 Å². The van der Waals surface area contributed by atoms with E-state index in [0.717, 1.165) is 11.1 Å². The Morgan fingerprint density at radius 2 is 1.81 bits per heavy atom. The van der Waals surface area contributed by atoms with Gasteiger partial charge in [-0.2, -0.15) is 4.65 Å². The molecule has 1 saturated heterocycles. The zero-order valence-corrected chi connectivity index (χ0v) is 15.4. The Morgan fingerprint density at radius 1 is 1.15 bits per heavy atom. The van der Waals surface area contributed by atoms with Crippen LogP contribution >= 0.6 is 11.6 Å². The number of carbonyl (C=O) groups excluding carboxylic acids is 1. The molecule has 0 spiro atoms. The van der Waals surface area contributed by atoms with E-state index < -0.39 is 18.2 Å². The summed E-state index contributed by atoms with van der Waals surface area (Å²) in [6.07, 6.45) is -0.0501.